The molecule has 1 aromatic heterocycles. The van der Waals surface area contributed by atoms with Crippen LogP contribution in [0.5, 0.6) is 0 Å². The highest BCUT2D eigenvalue weighted by atomic mass is 15.1. The molecule has 10 aromatic rings. The first kappa shape index (κ1) is 34.8. The van der Waals surface area contributed by atoms with E-state index >= 15 is 0 Å². The van der Waals surface area contributed by atoms with Crippen LogP contribution in [0.2, 0.25) is 0 Å². The molecule has 0 atom stereocenters. The summed E-state index contributed by atoms with van der Waals surface area (Å²) in [4.78, 5) is 2.52. The highest BCUT2D eigenvalue weighted by molar-refractivity contribution is 6.12. The summed E-state index contributed by atoms with van der Waals surface area (Å²) in [5.74, 6) is 0. The van der Waals surface area contributed by atoms with E-state index in [1.807, 2.05) is 0 Å². The Hall–Kier alpha value is -7.16. The lowest BCUT2D eigenvalue weighted by molar-refractivity contribution is 0.660. The van der Waals surface area contributed by atoms with Gasteiger partial charge >= 0.3 is 0 Å². The van der Waals surface area contributed by atoms with Crippen LogP contribution < -0.4 is 4.90 Å². The first-order valence-electron chi connectivity index (χ1n) is 21.2. The molecular formula is C58H44N2. The number of fused-ring (bicyclic) bond motifs is 10. The van der Waals surface area contributed by atoms with Crippen molar-refractivity contribution in [1.29, 1.82) is 0 Å². The van der Waals surface area contributed by atoms with Crippen molar-refractivity contribution >= 4 is 49.6 Å². The van der Waals surface area contributed by atoms with Gasteiger partial charge in [0.2, 0.25) is 0 Å². The smallest absolute Gasteiger partial charge is 0.0541 e. The van der Waals surface area contributed by atoms with Crippen LogP contribution in [0, 0.1) is 0 Å². The zero-order valence-electron chi connectivity index (χ0n) is 34.4. The second-order valence-electron chi connectivity index (χ2n) is 17.7. The van der Waals surface area contributed by atoms with Crippen LogP contribution in [0.3, 0.4) is 0 Å². The third kappa shape index (κ3) is 4.88. The first-order valence-corrected chi connectivity index (χ1v) is 21.2. The van der Waals surface area contributed by atoms with Gasteiger partial charge in [0.15, 0.2) is 0 Å². The van der Waals surface area contributed by atoms with E-state index in [1.165, 1.54) is 93.9 Å². The van der Waals surface area contributed by atoms with Gasteiger partial charge in [0.05, 0.1) is 16.7 Å². The summed E-state index contributed by atoms with van der Waals surface area (Å²) < 4.78 is 2.39. The molecule has 2 heteroatoms. The molecule has 0 aliphatic heterocycles. The molecule has 0 amide bonds. The minimum atomic E-state index is -0.122. The number of rotatable bonds is 5. The Balaban J connectivity index is 1.06. The fraction of sp³-hybridized carbons (Fsp3) is 0.103. The molecule has 2 nitrogen and oxygen atoms in total. The van der Waals surface area contributed by atoms with E-state index in [0.29, 0.717) is 0 Å². The summed E-state index contributed by atoms with van der Waals surface area (Å²) in [7, 11) is 0. The molecule has 0 saturated heterocycles. The van der Waals surface area contributed by atoms with Crippen molar-refractivity contribution < 1.29 is 0 Å². The molecule has 0 unspecified atom stereocenters. The van der Waals surface area contributed by atoms with Crippen LogP contribution >= 0.6 is 0 Å². The normalized spacial score (nSPS) is 14.3. The molecule has 286 valence electrons. The van der Waals surface area contributed by atoms with E-state index in [-0.39, 0.29) is 10.8 Å². The summed E-state index contributed by atoms with van der Waals surface area (Å²) in [6.07, 6.45) is 0. The summed E-state index contributed by atoms with van der Waals surface area (Å²) in [6.45, 7) is 9.50. The van der Waals surface area contributed by atoms with Crippen LogP contribution in [0.4, 0.5) is 17.1 Å². The van der Waals surface area contributed by atoms with E-state index < -0.39 is 0 Å². The predicted octanol–water partition coefficient (Wildman–Crippen LogP) is 15.7. The predicted molar refractivity (Wildman–Crippen MR) is 254 cm³/mol. The number of benzene rings is 9. The molecule has 0 bridgehead atoms. The molecule has 0 saturated carbocycles. The number of para-hydroxylation sites is 2. The highest BCUT2D eigenvalue weighted by Crippen LogP contribution is 2.54. The largest absolute Gasteiger partial charge is 0.310 e. The molecule has 1 heterocycles. The van der Waals surface area contributed by atoms with Crippen LogP contribution in [-0.4, -0.2) is 4.57 Å². The average molecular weight is 769 g/mol. The third-order valence-electron chi connectivity index (χ3n) is 13.8. The van der Waals surface area contributed by atoms with Crippen LogP contribution in [-0.2, 0) is 10.8 Å². The molecular weight excluding hydrogens is 725 g/mol. The van der Waals surface area contributed by atoms with Crippen molar-refractivity contribution in [2.45, 2.75) is 38.5 Å². The Morgan fingerprint density at radius 3 is 1.55 bits per heavy atom. The lowest BCUT2D eigenvalue weighted by Gasteiger charge is -2.30. The minimum Gasteiger partial charge on any atom is -0.310 e. The topological polar surface area (TPSA) is 8.17 Å². The number of nitrogens with zero attached hydrogens (tertiary/aromatic N) is 2. The quantitative estimate of drug-likeness (QED) is 0.169. The number of hydrogen-bond acceptors (Lipinski definition) is 1. The van der Waals surface area contributed by atoms with E-state index in [1.54, 1.807) is 0 Å². The monoisotopic (exact) mass is 768 g/mol. The summed E-state index contributed by atoms with van der Waals surface area (Å²) >= 11 is 0. The van der Waals surface area contributed by atoms with Crippen LogP contribution in [0.25, 0.3) is 71.6 Å². The van der Waals surface area contributed by atoms with Gasteiger partial charge in [0, 0.05) is 44.1 Å². The maximum Gasteiger partial charge on any atom is 0.0541 e. The van der Waals surface area contributed by atoms with E-state index in [9.17, 15) is 0 Å². The van der Waals surface area contributed by atoms with Crippen LogP contribution in [0.1, 0.15) is 49.9 Å². The molecule has 0 radical (unpaired) electrons. The second kappa shape index (κ2) is 12.7. The Labute approximate surface area is 351 Å². The molecule has 0 fully saturated rings. The minimum absolute atomic E-state index is 0.122. The summed E-state index contributed by atoms with van der Waals surface area (Å²) in [6, 6.07) is 72.4. The Morgan fingerprint density at radius 2 is 0.867 bits per heavy atom. The van der Waals surface area contributed by atoms with E-state index in [2.05, 4.69) is 231 Å². The number of anilines is 3. The summed E-state index contributed by atoms with van der Waals surface area (Å²) in [5.41, 5.74) is 20.1. The molecule has 0 spiro atoms. The van der Waals surface area contributed by atoms with Crippen molar-refractivity contribution in [2.24, 2.45) is 0 Å². The zero-order chi connectivity index (χ0) is 40.3. The van der Waals surface area contributed by atoms with Gasteiger partial charge in [-0.15, -0.1) is 0 Å². The second-order valence-corrected chi connectivity index (χ2v) is 17.7. The van der Waals surface area contributed by atoms with Crippen molar-refractivity contribution in [3.63, 3.8) is 0 Å². The lowest BCUT2D eigenvalue weighted by atomic mass is 9.82. The SMILES string of the molecule is CC1(C)c2ccccc2-c2ccc(N(c3ccc4c(c3)C(C)(C)c3ccccc3-4)c3cccc4c(-c5ccc6c(c5)c5ccccc5n6-c5ccccc5)cccc34)cc21. The third-order valence-corrected chi connectivity index (χ3v) is 13.8. The van der Waals surface area contributed by atoms with Gasteiger partial charge < -0.3 is 9.47 Å². The van der Waals surface area contributed by atoms with Crippen molar-refractivity contribution in [3.8, 4) is 39.1 Å². The molecule has 60 heavy (non-hydrogen) atoms. The van der Waals surface area contributed by atoms with Crippen molar-refractivity contribution in [3.05, 3.63) is 216 Å². The highest BCUT2D eigenvalue weighted by Gasteiger charge is 2.38. The number of hydrogen-bond donors (Lipinski definition) is 0. The van der Waals surface area contributed by atoms with Gasteiger partial charge in [-0.1, -0.05) is 161 Å². The number of aromatic nitrogens is 1. The fourth-order valence-electron chi connectivity index (χ4n) is 10.8. The van der Waals surface area contributed by atoms with Crippen LogP contribution in [0.15, 0.2) is 194 Å². The first-order chi connectivity index (χ1) is 29.3. The molecule has 9 aromatic carbocycles. The van der Waals surface area contributed by atoms with E-state index in [4.69, 9.17) is 0 Å². The Morgan fingerprint density at radius 1 is 0.350 bits per heavy atom. The van der Waals surface area contributed by atoms with Gasteiger partial charge in [-0.25, -0.2) is 0 Å². The maximum atomic E-state index is 2.52. The zero-order valence-corrected chi connectivity index (χ0v) is 34.4. The Kier molecular flexibility index (Phi) is 7.36. The maximum absolute atomic E-state index is 2.52. The van der Waals surface area contributed by atoms with Gasteiger partial charge in [-0.2, -0.15) is 0 Å². The molecule has 2 aliphatic rings. The fourth-order valence-corrected chi connectivity index (χ4v) is 10.8. The molecule has 2 aliphatic carbocycles. The van der Waals surface area contributed by atoms with Gasteiger partial charge in [0.25, 0.3) is 0 Å². The van der Waals surface area contributed by atoms with Gasteiger partial charge in [-0.05, 0) is 122 Å². The van der Waals surface area contributed by atoms with E-state index in [0.717, 1.165) is 17.1 Å². The lowest BCUT2D eigenvalue weighted by Crippen LogP contribution is -2.18. The van der Waals surface area contributed by atoms with Crippen molar-refractivity contribution in [1.82, 2.24) is 4.57 Å². The van der Waals surface area contributed by atoms with Gasteiger partial charge in [-0.3, -0.25) is 0 Å². The summed E-state index contributed by atoms with van der Waals surface area (Å²) in [5, 5.41) is 4.96. The standard InChI is InChI=1S/C58H44N2/c1-57(2)50-24-11-8-18-43(50)45-31-29-39(35-52(45)57)59(40-30-32-46-44-19-9-12-25-51(44)58(3,4)53(46)36-40)54-27-15-22-42-41(21-14-23-47(42)54)37-28-33-56-49(34-37)48-20-10-13-26-55(48)60(56)38-16-6-5-7-17-38/h5-36H,1-4H3. The molecule has 0 N–H and O–H groups in total. The van der Waals surface area contributed by atoms with Crippen molar-refractivity contribution in [2.75, 3.05) is 4.90 Å². The Bertz CT molecular complexity index is 3270. The van der Waals surface area contributed by atoms with Gasteiger partial charge in [0.1, 0.15) is 0 Å². The molecule has 12 rings (SSSR count). The average Bonchev–Trinajstić information content (AvgIpc) is 3.83.